The van der Waals surface area contributed by atoms with Gasteiger partial charge in [-0.15, -0.1) is 23.7 Å². The van der Waals surface area contributed by atoms with Crippen LogP contribution in [0.25, 0.3) is 15.9 Å². The van der Waals surface area contributed by atoms with Crippen LogP contribution in [0.5, 0.6) is 0 Å². The summed E-state index contributed by atoms with van der Waals surface area (Å²) in [4.78, 5) is 16.5. The van der Waals surface area contributed by atoms with Crippen molar-refractivity contribution in [2.75, 3.05) is 19.6 Å². The third-order valence-corrected chi connectivity index (χ3v) is 5.69. The van der Waals surface area contributed by atoms with Gasteiger partial charge in [-0.3, -0.25) is 4.79 Å². The van der Waals surface area contributed by atoms with Gasteiger partial charge in [0, 0.05) is 31.1 Å². The molecule has 1 aliphatic heterocycles. The molecule has 8 heteroatoms. The van der Waals surface area contributed by atoms with Crippen LogP contribution >= 0.6 is 23.7 Å². The molecule has 0 unspecified atom stereocenters. The number of aromatic nitrogens is 2. The first kappa shape index (κ1) is 18.8. The summed E-state index contributed by atoms with van der Waals surface area (Å²) in [6.45, 7) is 6.35. The fourth-order valence-corrected chi connectivity index (χ4v) is 4.33. The van der Waals surface area contributed by atoms with E-state index in [9.17, 15) is 9.18 Å². The second kappa shape index (κ2) is 7.34. The van der Waals surface area contributed by atoms with Gasteiger partial charge >= 0.3 is 0 Å². The predicted octanol–water partition coefficient (Wildman–Crippen LogP) is 3.39. The zero-order chi connectivity index (χ0) is 17.6. The zero-order valence-corrected chi connectivity index (χ0v) is 16.2. The molecule has 26 heavy (non-hydrogen) atoms. The summed E-state index contributed by atoms with van der Waals surface area (Å²) >= 11 is 1.44. The van der Waals surface area contributed by atoms with E-state index in [1.54, 1.807) is 16.8 Å². The molecule has 1 fully saturated rings. The molecular formula is C18H20ClFN4OS. The van der Waals surface area contributed by atoms with Crippen molar-refractivity contribution in [1.29, 1.82) is 0 Å². The summed E-state index contributed by atoms with van der Waals surface area (Å²) in [5.41, 5.74) is 1.65. The second-order valence-corrected chi connectivity index (χ2v) is 7.39. The Balaban J connectivity index is 0.00000196. The maximum Gasteiger partial charge on any atom is 0.264 e. The first-order valence-electron chi connectivity index (χ1n) is 8.31. The molecule has 3 aromatic rings. The molecule has 138 valence electrons. The Hall–Kier alpha value is -1.96. The lowest BCUT2D eigenvalue weighted by molar-refractivity contribution is 0.0661. The quantitative estimate of drug-likeness (QED) is 0.724. The lowest BCUT2D eigenvalue weighted by atomic mass is 10.2. The summed E-state index contributed by atoms with van der Waals surface area (Å²) in [5.74, 6) is -0.209. The van der Waals surface area contributed by atoms with Crippen LogP contribution in [-0.4, -0.2) is 46.3 Å². The highest BCUT2D eigenvalue weighted by Crippen LogP contribution is 2.31. The van der Waals surface area contributed by atoms with Crippen LogP contribution in [0.15, 0.2) is 30.3 Å². The van der Waals surface area contributed by atoms with Gasteiger partial charge in [0.15, 0.2) is 0 Å². The highest BCUT2D eigenvalue weighted by molar-refractivity contribution is 7.20. The first-order chi connectivity index (χ1) is 12.0. The number of piperazine rings is 1. The molecule has 1 N–H and O–H groups in total. The van der Waals surface area contributed by atoms with Gasteiger partial charge in [0.25, 0.3) is 5.91 Å². The van der Waals surface area contributed by atoms with Crippen molar-refractivity contribution in [3.63, 3.8) is 0 Å². The minimum Gasteiger partial charge on any atom is -0.333 e. The third-order valence-electron chi connectivity index (χ3n) is 4.59. The fraction of sp³-hybridized carbons (Fsp3) is 0.333. The molecule has 3 heterocycles. The van der Waals surface area contributed by atoms with Crippen LogP contribution in [-0.2, 0) is 0 Å². The Morgan fingerprint density at radius 1 is 1.35 bits per heavy atom. The van der Waals surface area contributed by atoms with E-state index in [2.05, 4.69) is 17.3 Å². The molecule has 0 saturated carbocycles. The molecule has 1 aromatic carbocycles. The van der Waals surface area contributed by atoms with Gasteiger partial charge in [-0.1, -0.05) is 0 Å². The predicted molar refractivity (Wildman–Crippen MR) is 104 cm³/mol. The first-order valence-corrected chi connectivity index (χ1v) is 9.13. The minimum absolute atomic E-state index is 0. The monoisotopic (exact) mass is 394 g/mol. The van der Waals surface area contributed by atoms with Crippen molar-refractivity contribution >= 4 is 39.9 Å². The van der Waals surface area contributed by atoms with Gasteiger partial charge < -0.3 is 10.2 Å². The number of aryl methyl sites for hydroxylation is 1. The average molecular weight is 395 g/mol. The molecule has 1 aliphatic rings. The normalized spacial score (nSPS) is 17.3. The van der Waals surface area contributed by atoms with Gasteiger partial charge in [-0.2, -0.15) is 5.10 Å². The molecular weight excluding hydrogens is 375 g/mol. The van der Waals surface area contributed by atoms with Crippen molar-refractivity contribution in [3.05, 3.63) is 46.7 Å². The number of amides is 1. The Labute approximate surface area is 161 Å². The number of rotatable bonds is 2. The Morgan fingerprint density at radius 3 is 2.77 bits per heavy atom. The molecule has 0 bridgehead atoms. The topological polar surface area (TPSA) is 50.2 Å². The van der Waals surface area contributed by atoms with Crippen molar-refractivity contribution < 1.29 is 9.18 Å². The molecule has 1 atom stereocenters. The average Bonchev–Trinajstić information content (AvgIpc) is 3.17. The van der Waals surface area contributed by atoms with Crippen LogP contribution in [0.2, 0.25) is 0 Å². The van der Waals surface area contributed by atoms with Crippen molar-refractivity contribution in [2.24, 2.45) is 0 Å². The van der Waals surface area contributed by atoms with Gasteiger partial charge in [-0.05, 0) is 44.2 Å². The summed E-state index contributed by atoms with van der Waals surface area (Å²) in [6.07, 6.45) is 0. The van der Waals surface area contributed by atoms with E-state index >= 15 is 0 Å². The molecule has 0 spiro atoms. The van der Waals surface area contributed by atoms with E-state index in [-0.39, 0.29) is 30.2 Å². The van der Waals surface area contributed by atoms with Crippen molar-refractivity contribution in [1.82, 2.24) is 20.0 Å². The maximum atomic E-state index is 13.2. The number of fused-ring (bicyclic) bond motifs is 1. The van der Waals surface area contributed by atoms with Gasteiger partial charge in [0.2, 0.25) is 0 Å². The van der Waals surface area contributed by atoms with Gasteiger partial charge in [0.1, 0.15) is 10.6 Å². The second-order valence-electron chi connectivity index (χ2n) is 6.35. The molecule has 4 rings (SSSR count). The number of thiophene rings is 1. The SMILES string of the molecule is Cc1nn(-c2ccc(F)cc2)c2sc(C(=O)N3CCNC[C@@H]3C)cc12.Cl. The van der Waals surface area contributed by atoms with Crippen LogP contribution in [0, 0.1) is 12.7 Å². The number of benzene rings is 1. The number of hydrogen-bond acceptors (Lipinski definition) is 4. The number of halogens is 2. The number of nitrogens with one attached hydrogen (secondary N) is 1. The number of hydrogen-bond donors (Lipinski definition) is 1. The van der Waals surface area contributed by atoms with Crippen LogP contribution < -0.4 is 5.32 Å². The van der Waals surface area contributed by atoms with Crippen LogP contribution in [0.3, 0.4) is 0 Å². The lowest BCUT2D eigenvalue weighted by Crippen LogP contribution is -2.52. The molecule has 1 saturated heterocycles. The smallest absolute Gasteiger partial charge is 0.264 e. The molecule has 0 aliphatic carbocycles. The minimum atomic E-state index is -0.279. The van der Waals surface area contributed by atoms with E-state index in [1.165, 1.54) is 23.5 Å². The van der Waals surface area contributed by atoms with E-state index in [0.717, 1.165) is 46.1 Å². The number of carbonyl (C=O) groups is 1. The highest BCUT2D eigenvalue weighted by Gasteiger charge is 2.26. The molecule has 2 aromatic heterocycles. The van der Waals surface area contributed by atoms with E-state index in [0.29, 0.717) is 0 Å². The van der Waals surface area contributed by atoms with E-state index in [4.69, 9.17) is 0 Å². The lowest BCUT2D eigenvalue weighted by Gasteiger charge is -2.33. The molecule has 1 amide bonds. The summed E-state index contributed by atoms with van der Waals surface area (Å²) in [6, 6.07) is 8.34. The molecule has 5 nitrogen and oxygen atoms in total. The Bertz CT molecular complexity index is 937. The number of nitrogens with zero attached hydrogens (tertiary/aromatic N) is 3. The largest absolute Gasteiger partial charge is 0.333 e. The standard InChI is InChI=1S/C18H19FN4OS.ClH/c1-11-10-20-7-8-22(11)17(24)16-9-15-12(2)21-23(18(15)25-16)14-5-3-13(19)4-6-14;/h3-6,9,11,20H,7-8,10H2,1-2H3;1H/t11-;/m0./s1. The van der Waals surface area contributed by atoms with Gasteiger partial charge in [-0.25, -0.2) is 9.07 Å². The fourth-order valence-electron chi connectivity index (χ4n) is 3.19. The molecule has 0 radical (unpaired) electrons. The van der Waals surface area contributed by atoms with E-state index in [1.807, 2.05) is 17.9 Å². The third kappa shape index (κ3) is 3.22. The summed E-state index contributed by atoms with van der Waals surface area (Å²) in [5, 5.41) is 8.82. The van der Waals surface area contributed by atoms with Crippen LogP contribution in [0.1, 0.15) is 22.3 Å². The summed E-state index contributed by atoms with van der Waals surface area (Å²) < 4.78 is 15.0. The highest BCUT2D eigenvalue weighted by atomic mass is 35.5. The Morgan fingerprint density at radius 2 is 2.08 bits per heavy atom. The van der Waals surface area contributed by atoms with Crippen molar-refractivity contribution in [2.45, 2.75) is 19.9 Å². The maximum absolute atomic E-state index is 13.2. The van der Waals surface area contributed by atoms with Gasteiger partial charge in [0.05, 0.1) is 16.3 Å². The van der Waals surface area contributed by atoms with Crippen LogP contribution in [0.4, 0.5) is 4.39 Å². The van der Waals surface area contributed by atoms with Crippen molar-refractivity contribution in [3.8, 4) is 5.69 Å². The summed E-state index contributed by atoms with van der Waals surface area (Å²) in [7, 11) is 0. The Kier molecular flexibility index (Phi) is 5.32. The number of carbonyl (C=O) groups excluding carboxylic acids is 1. The van der Waals surface area contributed by atoms with E-state index < -0.39 is 0 Å². The zero-order valence-electron chi connectivity index (χ0n) is 14.5.